The van der Waals surface area contributed by atoms with Gasteiger partial charge in [-0.1, -0.05) is 18.2 Å². The van der Waals surface area contributed by atoms with Gasteiger partial charge in [-0.25, -0.2) is 0 Å². The maximum absolute atomic E-state index is 11.3. The Morgan fingerprint density at radius 3 is 2.88 bits per heavy atom. The third-order valence-corrected chi connectivity index (χ3v) is 2.11. The maximum atomic E-state index is 11.3. The number of nitrogens with one attached hydrogen (secondary N) is 1. The molecule has 0 atom stereocenters. The molecule has 0 aromatic heterocycles. The molecular weight excluding hydrogens is 206 g/mol. The number of hydrogen-bond acceptors (Lipinski definition) is 3. The van der Waals surface area contributed by atoms with E-state index < -0.39 is 0 Å². The Hall–Kier alpha value is -1.55. The fourth-order valence-electron chi connectivity index (χ4n) is 1.22. The average molecular weight is 223 g/mol. The molecule has 0 aliphatic rings. The van der Waals surface area contributed by atoms with Gasteiger partial charge in [0.25, 0.3) is 5.91 Å². The topological polar surface area (TPSA) is 58.6 Å². The van der Waals surface area contributed by atoms with Crippen LogP contribution in [0.3, 0.4) is 0 Å². The molecule has 0 fully saturated rings. The summed E-state index contributed by atoms with van der Waals surface area (Å²) >= 11 is 0. The first-order valence-corrected chi connectivity index (χ1v) is 5.30. The SMILES string of the molecule is Cc1ccccc1OCC(=O)NCCCO. The number of para-hydroxylation sites is 1. The highest BCUT2D eigenvalue weighted by molar-refractivity contribution is 5.77. The first-order valence-electron chi connectivity index (χ1n) is 5.30. The largest absolute Gasteiger partial charge is 0.484 e. The number of benzene rings is 1. The van der Waals surface area contributed by atoms with Gasteiger partial charge in [0.2, 0.25) is 0 Å². The first kappa shape index (κ1) is 12.5. The number of aliphatic hydroxyl groups excluding tert-OH is 1. The number of carbonyl (C=O) groups excluding carboxylic acids is 1. The summed E-state index contributed by atoms with van der Waals surface area (Å²) in [5.74, 6) is 0.552. The van der Waals surface area contributed by atoms with Crippen molar-refractivity contribution in [3.05, 3.63) is 29.8 Å². The van der Waals surface area contributed by atoms with Crippen molar-refractivity contribution in [3.63, 3.8) is 0 Å². The van der Waals surface area contributed by atoms with Crippen LogP contribution < -0.4 is 10.1 Å². The molecule has 1 aromatic rings. The monoisotopic (exact) mass is 223 g/mol. The van der Waals surface area contributed by atoms with Crippen LogP contribution in [0.4, 0.5) is 0 Å². The van der Waals surface area contributed by atoms with E-state index in [2.05, 4.69) is 5.32 Å². The zero-order valence-electron chi connectivity index (χ0n) is 9.40. The fourth-order valence-corrected chi connectivity index (χ4v) is 1.22. The Labute approximate surface area is 95.2 Å². The van der Waals surface area contributed by atoms with Gasteiger partial charge >= 0.3 is 0 Å². The van der Waals surface area contributed by atoms with E-state index in [0.717, 1.165) is 11.3 Å². The molecule has 2 N–H and O–H groups in total. The van der Waals surface area contributed by atoms with Crippen LogP contribution in [-0.2, 0) is 4.79 Å². The van der Waals surface area contributed by atoms with Gasteiger partial charge in [0.15, 0.2) is 6.61 Å². The molecule has 0 bridgehead atoms. The standard InChI is InChI=1S/C12H17NO3/c1-10-5-2-3-6-11(10)16-9-12(15)13-7-4-8-14/h2-3,5-6,14H,4,7-9H2,1H3,(H,13,15). The van der Waals surface area contributed by atoms with Crippen molar-refractivity contribution in [1.29, 1.82) is 0 Å². The molecule has 0 unspecified atom stereocenters. The van der Waals surface area contributed by atoms with Crippen molar-refractivity contribution < 1.29 is 14.6 Å². The van der Waals surface area contributed by atoms with Gasteiger partial charge in [-0.3, -0.25) is 4.79 Å². The van der Waals surface area contributed by atoms with Crippen molar-refractivity contribution in [1.82, 2.24) is 5.32 Å². The van der Waals surface area contributed by atoms with Crippen LogP contribution in [0, 0.1) is 6.92 Å². The van der Waals surface area contributed by atoms with E-state index >= 15 is 0 Å². The third kappa shape index (κ3) is 4.31. The van der Waals surface area contributed by atoms with E-state index in [0.29, 0.717) is 13.0 Å². The van der Waals surface area contributed by atoms with E-state index in [-0.39, 0.29) is 19.1 Å². The summed E-state index contributed by atoms with van der Waals surface area (Å²) in [6.07, 6.45) is 0.566. The van der Waals surface area contributed by atoms with Crippen LogP contribution in [0.1, 0.15) is 12.0 Å². The molecule has 0 heterocycles. The van der Waals surface area contributed by atoms with Gasteiger partial charge in [0.1, 0.15) is 5.75 Å². The lowest BCUT2D eigenvalue weighted by Crippen LogP contribution is -2.30. The first-order chi connectivity index (χ1) is 7.74. The molecule has 0 radical (unpaired) electrons. The molecule has 4 heteroatoms. The summed E-state index contributed by atoms with van der Waals surface area (Å²) in [5.41, 5.74) is 1.01. The quantitative estimate of drug-likeness (QED) is 0.704. The van der Waals surface area contributed by atoms with E-state index in [4.69, 9.17) is 9.84 Å². The number of aliphatic hydroxyl groups is 1. The Morgan fingerprint density at radius 1 is 1.44 bits per heavy atom. The van der Waals surface area contributed by atoms with Crippen LogP contribution in [0.5, 0.6) is 5.75 Å². The smallest absolute Gasteiger partial charge is 0.257 e. The van der Waals surface area contributed by atoms with Crippen LogP contribution in [0.15, 0.2) is 24.3 Å². The van der Waals surface area contributed by atoms with Gasteiger partial charge in [-0.05, 0) is 25.0 Å². The molecule has 0 saturated carbocycles. The second kappa shape index (κ2) is 6.85. The normalized spacial score (nSPS) is 9.88. The second-order valence-corrected chi connectivity index (χ2v) is 3.48. The lowest BCUT2D eigenvalue weighted by molar-refractivity contribution is -0.123. The van der Waals surface area contributed by atoms with E-state index in [9.17, 15) is 4.79 Å². The van der Waals surface area contributed by atoms with Crippen LogP contribution in [0.25, 0.3) is 0 Å². The van der Waals surface area contributed by atoms with Crippen molar-refractivity contribution in [2.24, 2.45) is 0 Å². The van der Waals surface area contributed by atoms with Crippen LogP contribution in [0.2, 0.25) is 0 Å². The maximum Gasteiger partial charge on any atom is 0.257 e. The molecule has 4 nitrogen and oxygen atoms in total. The lowest BCUT2D eigenvalue weighted by Gasteiger charge is -2.08. The zero-order valence-corrected chi connectivity index (χ0v) is 9.40. The van der Waals surface area contributed by atoms with Gasteiger partial charge in [-0.15, -0.1) is 0 Å². The van der Waals surface area contributed by atoms with Crippen LogP contribution in [-0.4, -0.2) is 30.8 Å². The number of aryl methyl sites for hydroxylation is 1. The van der Waals surface area contributed by atoms with Crippen molar-refractivity contribution in [2.45, 2.75) is 13.3 Å². The summed E-state index contributed by atoms with van der Waals surface area (Å²) < 4.78 is 5.35. The van der Waals surface area contributed by atoms with Crippen molar-refractivity contribution >= 4 is 5.91 Å². The molecule has 0 saturated heterocycles. The van der Waals surface area contributed by atoms with E-state index in [1.807, 2.05) is 31.2 Å². The van der Waals surface area contributed by atoms with Crippen molar-refractivity contribution in [3.8, 4) is 5.75 Å². The predicted molar refractivity (Wildman–Crippen MR) is 61.4 cm³/mol. The fraction of sp³-hybridized carbons (Fsp3) is 0.417. The Bertz CT molecular complexity index is 339. The average Bonchev–Trinajstić information content (AvgIpc) is 2.28. The summed E-state index contributed by atoms with van der Waals surface area (Å²) in [5, 5.41) is 11.2. The summed E-state index contributed by atoms with van der Waals surface area (Å²) in [7, 11) is 0. The summed E-state index contributed by atoms with van der Waals surface area (Å²) in [6.45, 7) is 2.50. The van der Waals surface area contributed by atoms with Crippen LogP contribution >= 0.6 is 0 Å². The zero-order chi connectivity index (χ0) is 11.8. The Kier molecular flexibility index (Phi) is 5.36. The molecule has 1 amide bonds. The van der Waals surface area contributed by atoms with Gasteiger partial charge in [0.05, 0.1) is 0 Å². The molecule has 1 aromatic carbocycles. The highest BCUT2D eigenvalue weighted by Crippen LogP contribution is 2.15. The molecule has 1 rings (SSSR count). The highest BCUT2D eigenvalue weighted by atomic mass is 16.5. The number of amides is 1. The summed E-state index contributed by atoms with van der Waals surface area (Å²) in [6, 6.07) is 7.55. The third-order valence-electron chi connectivity index (χ3n) is 2.11. The number of carbonyl (C=O) groups is 1. The second-order valence-electron chi connectivity index (χ2n) is 3.48. The Balaban J connectivity index is 2.29. The van der Waals surface area contributed by atoms with Gasteiger partial charge in [-0.2, -0.15) is 0 Å². The Morgan fingerprint density at radius 2 is 2.19 bits per heavy atom. The molecular formula is C12H17NO3. The number of hydrogen-bond donors (Lipinski definition) is 2. The summed E-state index contributed by atoms with van der Waals surface area (Å²) in [4.78, 5) is 11.3. The molecule has 0 aliphatic carbocycles. The molecule has 0 aliphatic heterocycles. The number of rotatable bonds is 6. The van der Waals surface area contributed by atoms with Crippen molar-refractivity contribution in [2.75, 3.05) is 19.8 Å². The minimum atomic E-state index is -0.170. The van der Waals surface area contributed by atoms with E-state index in [1.165, 1.54) is 0 Å². The van der Waals surface area contributed by atoms with Gasteiger partial charge < -0.3 is 15.2 Å². The molecule has 16 heavy (non-hydrogen) atoms. The lowest BCUT2D eigenvalue weighted by atomic mass is 10.2. The predicted octanol–water partition coefficient (Wildman–Crippen LogP) is 0.872. The minimum Gasteiger partial charge on any atom is -0.484 e. The highest BCUT2D eigenvalue weighted by Gasteiger charge is 2.03. The number of ether oxygens (including phenoxy) is 1. The molecule has 88 valence electrons. The molecule has 0 spiro atoms. The van der Waals surface area contributed by atoms with Gasteiger partial charge in [0, 0.05) is 13.2 Å². The van der Waals surface area contributed by atoms with E-state index in [1.54, 1.807) is 0 Å². The minimum absolute atomic E-state index is 0.0102.